The van der Waals surface area contributed by atoms with Crippen molar-refractivity contribution in [2.75, 3.05) is 0 Å². The predicted molar refractivity (Wildman–Crippen MR) is 98.5 cm³/mol. The minimum Gasteiger partial charge on any atom is -0.417 e. The molecule has 3 heteroatoms. The molecule has 0 amide bonds. The molecule has 0 aliphatic heterocycles. The van der Waals surface area contributed by atoms with Gasteiger partial charge in [0, 0.05) is 16.0 Å². The lowest BCUT2D eigenvalue weighted by atomic mass is 10.0. The van der Waals surface area contributed by atoms with Gasteiger partial charge in [0.05, 0.1) is 0 Å². The molecule has 0 spiro atoms. The van der Waals surface area contributed by atoms with Crippen LogP contribution in [0.4, 0.5) is 0 Å². The van der Waals surface area contributed by atoms with Crippen LogP contribution < -0.4 is 4.74 Å². The number of carbonyl (C=O) groups excluding carboxylic acids is 1. The fraction of sp³-hybridized carbons (Fsp3) is 0. The van der Waals surface area contributed by atoms with Crippen molar-refractivity contribution in [2.24, 2.45) is 0 Å². The number of carbonyl (C=O) groups is 1. The molecule has 24 heavy (non-hydrogen) atoms. The van der Waals surface area contributed by atoms with Crippen molar-refractivity contribution >= 4 is 21.9 Å². The number of hydrogen-bond acceptors (Lipinski definition) is 2. The number of ether oxygens (including phenoxy) is 1. The molecule has 0 aliphatic carbocycles. The lowest BCUT2D eigenvalue weighted by Gasteiger charge is -2.01. The van der Waals surface area contributed by atoms with Crippen LogP contribution in [0.2, 0.25) is 0 Å². The third kappa shape index (κ3) is 4.34. The Morgan fingerprint density at radius 2 is 1.54 bits per heavy atom. The Hall–Kier alpha value is -2.83. The van der Waals surface area contributed by atoms with Crippen LogP contribution in [0.1, 0.15) is 5.56 Å². The van der Waals surface area contributed by atoms with Crippen LogP contribution in [0.25, 0.3) is 11.1 Å². The molecular weight excluding hydrogens is 364 g/mol. The summed E-state index contributed by atoms with van der Waals surface area (Å²) in [6, 6.07) is 24.8. The van der Waals surface area contributed by atoms with E-state index in [1.165, 1.54) is 0 Å². The standard InChI is InChI=1S/C21H13BrO2/c22-19-10-12-20(13-11-19)24-21(23)14-9-16-5-4-8-18(15-16)17-6-2-1-3-7-17/h1-8,10-13,15H. The second kappa shape index (κ2) is 7.63. The summed E-state index contributed by atoms with van der Waals surface area (Å²) in [5.74, 6) is 5.26. The first-order valence-electron chi connectivity index (χ1n) is 7.35. The maximum absolute atomic E-state index is 11.8. The Morgan fingerprint density at radius 3 is 2.29 bits per heavy atom. The van der Waals surface area contributed by atoms with E-state index in [0.29, 0.717) is 5.75 Å². The lowest BCUT2D eigenvalue weighted by molar-refractivity contribution is -0.128. The number of hydrogen-bond donors (Lipinski definition) is 0. The SMILES string of the molecule is O=C(C#Cc1cccc(-c2ccccc2)c1)Oc1ccc(Br)cc1. The zero-order valence-corrected chi connectivity index (χ0v) is 14.3. The molecule has 0 bridgehead atoms. The Balaban J connectivity index is 1.73. The summed E-state index contributed by atoms with van der Waals surface area (Å²) < 4.78 is 6.09. The molecule has 116 valence electrons. The molecule has 0 atom stereocenters. The number of rotatable bonds is 2. The van der Waals surface area contributed by atoms with Crippen molar-refractivity contribution in [3.63, 3.8) is 0 Å². The molecule has 2 nitrogen and oxygen atoms in total. The average molecular weight is 377 g/mol. The minimum absolute atomic E-state index is 0.468. The van der Waals surface area contributed by atoms with E-state index >= 15 is 0 Å². The van der Waals surface area contributed by atoms with Crippen molar-refractivity contribution in [1.82, 2.24) is 0 Å². The Labute approximate surface area is 149 Å². The summed E-state index contributed by atoms with van der Waals surface area (Å²) >= 11 is 3.33. The normalized spacial score (nSPS) is 9.71. The van der Waals surface area contributed by atoms with Gasteiger partial charge in [-0.2, -0.15) is 0 Å². The average Bonchev–Trinajstić information content (AvgIpc) is 2.63. The van der Waals surface area contributed by atoms with Gasteiger partial charge >= 0.3 is 5.97 Å². The Kier molecular flexibility index (Phi) is 5.10. The molecule has 0 radical (unpaired) electrons. The Morgan fingerprint density at radius 1 is 0.833 bits per heavy atom. The summed E-state index contributed by atoms with van der Waals surface area (Å²) in [5.41, 5.74) is 2.94. The topological polar surface area (TPSA) is 26.3 Å². The Bertz CT molecular complexity index is 904. The molecule has 0 unspecified atom stereocenters. The quantitative estimate of drug-likeness (QED) is 0.354. The number of halogens is 1. The van der Waals surface area contributed by atoms with E-state index in [2.05, 4.69) is 27.8 Å². The highest BCUT2D eigenvalue weighted by Gasteiger charge is 2.01. The summed E-state index contributed by atoms with van der Waals surface area (Å²) in [6.45, 7) is 0. The van der Waals surface area contributed by atoms with Crippen LogP contribution in [-0.2, 0) is 4.79 Å². The molecule has 0 fully saturated rings. The molecule has 0 saturated carbocycles. The molecule has 0 saturated heterocycles. The van der Waals surface area contributed by atoms with Gasteiger partial charge in [-0.15, -0.1) is 0 Å². The van der Waals surface area contributed by atoms with E-state index in [9.17, 15) is 4.79 Å². The first-order valence-corrected chi connectivity index (χ1v) is 8.15. The summed E-state index contributed by atoms with van der Waals surface area (Å²) in [7, 11) is 0. The van der Waals surface area contributed by atoms with Gasteiger partial charge in [-0.05, 0) is 47.5 Å². The molecule has 3 aromatic carbocycles. The van der Waals surface area contributed by atoms with Gasteiger partial charge in [0.15, 0.2) is 0 Å². The van der Waals surface area contributed by atoms with Crippen LogP contribution in [0.15, 0.2) is 83.3 Å². The summed E-state index contributed by atoms with van der Waals surface area (Å²) in [6.07, 6.45) is 0. The first-order chi connectivity index (χ1) is 11.7. The number of esters is 1. The van der Waals surface area contributed by atoms with Crippen LogP contribution in [0.3, 0.4) is 0 Å². The van der Waals surface area contributed by atoms with Crippen LogP contribution >= 0.6 is 15.9 Å². The molecule has 0 aromatic heterocycles. The molecule has 0 heterocycles. The molecular formula is C21H13BrO2. The smallest absolute Gasteiger partial charge is 0.390 e. The first kappa shape index (κ1) is 16.0. The highest BCUT2D eigenvalue weighted by atomic mass is 79.9. The van der Waals surface area contributed by atoms with Gasteiger partial charge < -0.3 is 4.74 Å². The predicted octanol–water partition coefficient (Wildman–Crippen LogP) is 5.07. The van der Waals surface area contributed by atoms with Gasteiger partial charge in [0.2, 0.25) is 0 Å². The van der Waals surface area contributed by atoms with E-state index in [4.69, 9.17) is 4.74 Å². The molecule has 0 N–H and O–H groups in total. The molecule has 3 rings (SSSR count). The van der Waals surface area contributed by atoms with E-state index < -0.39 is 5.97 Å². The zero-order valence-electron chi connectivity index (χ0n) is 12.7. The van der Waals surface area contributed by atoms with Gasteiger partial charge in [-0.3, -0.25) is 0 Å². The third-order valence-corrected chi connectivity index (χ3v) is 3.83. The maximum Gasteiger partial charge on any atom is 0.390 e. The van der Waals surface area contributed by atoms with Crippen molar-refractivity contribution in [2.45, 2.75) is 0 Å². The van der Waals surface area contributed by atoms with E-state index in [-0.39, 0.29) is 0 Å². The van der Waals surface area contributed by atoms with Crippen LogP contribution in [-0.4, -0.2) is 5.97 Å². The van der Waals surface area contributed by atoms with E-state index in [1.807, 2.05) is 54.6 Å². The number of benzene rings is 3. The second-order valence-electron chi connectivity index (χ2n) is 5.04. The molecule has 3 aromatic rings. The van der Waals surface area contributed by atoms with Crippen LogP contribution in [0.5, 0.6) is 5.75 Å². The van der Waals surface area contributed by atoms with Crippen molar-refractivity contribution in [3.05, 3.63) is 88.9 Å². The zero-order chi connectivity index (χ0) is 16.8. The largest absolute Gasteiger partial charge is 0.417 e. The van der Waals surface area contributed by atoms with Gasteiger partial charge in [0.1, 0.15) is 5.75 Å². The minimum atomic E-state index is -0.581. The highest BCUT2D eigenvalue weighted by molar-refractivity contribution is 9.10. The van der Waals surface area contributed by atoms with Crippen molar-refractivity contribution in [1.29, 1.82) is 0 Å². The van der Waals surface area contributed by atoms with Gasteiger partial charge in [-0.1, -0.05) is 64.3 Å². The van der Waals surface area contributed by atoms with Gasteiger partial charge in [0.25, 0.3) is 0 Å². The van der Waals surface area contributed by atoms with Crippen molar-refractivity contribution in [3.8, 4) is 28.7 Å². The summed E-state index contributed by atoms with van der Waals surface area (Å²) in [5, 5.41) is 0. The van der Waals surface area contributed by atoms with Crippen LogP contribution in [0, 0.1) is 11.8 Å². The van der Waals surface area contributed by atoms with E-state index in [0.717, 1.165) is 21.2 Å². The summed E-state index contributed by atoms with van der Waals surface area (Å²) in [4.78, 5) is 11.8. The monoisotopic (exact) mass is 376 g/mol. The third-order valence-electron chi connectivity index (χ3n) is 3.30. The fourth-order valence-corrected chi connectivity index (χ4v) is 2.43. The maximum atomic E-state index is 11.8. The lowest BCUT2D eigenvalue weighted by Crippen LogP contribution is -2.04. The van der Waals surface area contributed by atoms with Crippen molar-refractivity contribution < 1.29 is 9.53 Å². The van der Waals surface area contributed by atoms with Gasteiger partial charge in [-0.25, -0.2) is 4.79 Å². The second-order valence-corrected chi connectivity index (χ2v) is 5.96. The fourth-order valence-electron chi connectivity index (χ4n) is 2.17. The van der Waals surface area contributed by atoms with E-state index in [1.54, 1.807) is 24.3 Å². The highest BCUT2D eigenvalue weighted by Crippen LogP contribution is 2.19. The molecule has 0 aliphatic rings.